The van der Waals surface area contributed by atoms with Crippen LogP contribution in [0.5, 0.6) is 0 Å². The molecule has 3 nitrogen and oxygen atoms in total. The van der Waals surface area contributed by atoms with E-state index in [9.17, 15) is 4.79 Å². The first kappa shape index (κ1) is 15.9. The van der Waals surface area contributed by atoms with Crippen LogP contribution in [-0.2, 0) is 9.63 Å². The monoisotopic (exact) mass is 221 g/mol. The summed E-state index contributed by atoms with van der Waals surface area (Å²) in [7, 11) is 0. The summed E-state index contributed by atoms with van der Waals surface area (Å²) in [6, 6.07) is 0. The summed E-state index contributed by atoms with van der Waals surface area (Å²) in [6.45, 7) is 5.98. The zero-order valence-corrected chi connectivity index (χ0v) is 9.57. The molecular formula is C10H20ClNO2. The fourth-order valence-corrected chi connectivity index (χ4v) is 0.944. The average molecular weight is 222 g/mol. The topological polar surface area (TPSA) is 38.3 Å². The fraction of sp³-hybridized carbons (Fsp3) is 0.700. The molecule has 0 saturated carbocycles. The predicted molar refractivity (Wildman–Crippen MR) is 60.3 cm³/mol. The van der Waals surface area contributed by atoms with Gasteiger partial charge in [-0.05, 0) is 6.42 Å². The predicted octanol–water partition coefficient (Wildman–Crippen LogP) is 2.61. The molecule has 0 aromatic carbocycles. The third kappa shape index (κ3) is 11.5. The summed E-state index contributed by atoms with van der Waals surface area (Å²) in [5, 5.41) is 0. The molecule has 0 bridgehead atoms. The van der Waals surface area contributed by atoms with Gasteiger partial charge in [0.25, 0.3) is 0 Å². The Kier molecular flexibility index (Phi) is 14.2. The lowest BCUT2D eigenvalue weighted by Crippen LogP contribution is -2.23. The van der Waals surface area contributed by atoms with Crippen LogP contribution in [0.2, 0.25) is 0 Å². The van der Waals surface area contributed by atoms with E-state index < -0.39 is 0 Å². The second-order valence-corrected chi connectivity index (χ2v) is 2.94. The van der Waals surface area contributed by atoms with Crippen molar-refractivity contribution in [1.29, 1.82) is 0 Å². The minimum Gasteiger partial charge on any atom is -0.273 e. The first-order chi connectivity index (χ1) is 6.31. The van der Waals surface area contributed by atoms with Crippen molar-refractivity contribution in [1.82, 2.24) is 5.48 Å². The van der Waals surface area contributed by atoms with E-state index in [0.29, 0.717) is 13.0 Å². The van der Waals surface area contributed by atoms with Gasteiger partial charge in [-0.25, -0.2) is 5.48 Å². The maximum atomic E-state index is 11.0. The summed E-state index contributed by atoms with van der Waals surface area (Å²) in [5.41, 5.74) is 2.35. The van der Waals surface area contributed by atoms with E-state index in [1.54, 1.807) is 6.08 Å². The maximum absolute atomic E-state index is 11.0. The number of rotatable bonds is 8. The average Bonchev–Trinajstić information content (AvgIpc) is 2.13. The van der Waals surface area contributed by atoms with Crippen molar-refractivity contribution in [3.8, 4) is 0 Å². The molecule has 0 radical (unpaired) electrons. The summed E-state index contributed by atoms with van der Waals surface area (Å²) in [6.07, 6.45) is 6.59. The number of halogens is 1. The molecule has 0 unspecified atom stereocenters. The van der Waals surface area contributed by atoms with Crippen molar-refractivity contribution in [2.24, 2.45) is 0 Å². The van der Waals surface area contributed by atoms with E-state index in [4.69, 9.17) is 4.84 Å². The van der Waals surface area contributed by atoms with Crippen LogP contribution in [0.15, 0.2) is 12.7 Å². The minimum atomic E-state index is -0.0436. The number of carbonyl (C=O) groups is 1. The molecule has 0 aromatic heterocycles. The molecule has 0 spiro atoms. The Labute approximate surface area is 92.3 Å². The SMILES string of the molecule is C=CCONC(=O)CCCCCC.Cl. The van der Waals surface area contributed by atoms with Gasteiger partial charge in [0.05, 0.1) is 6.61 Å². The lowest BCUT2D eigenvalue weighted by atomic mass is 10.1. The van der Waals surface area contributed by atoms with Gasteiger partial charge in [-0.15, -0.1) is 19.0 Å². The molecule has 0 aromatic rings. The Bertz CT molecular complexity index is 151. The highest BCUT2D eigenvalue weighted by Crippen LogP contribution is 2.01. The van der Waals surface area contributed by atoms with Crippen LogP contribution in [-0.4, -0.2) is 12.5 Å². The zero-order valence-electron chi connectivity index (χ0n) is 8.75. The van der Waals surface area contributed by atoms with Gasteiger partial charge in [0.15, 0.2) is 0 Å². The highest BCUT2D eigenvalue weighted by molar-refractivity contribution is 5.85. The van der Waals surface area contributed by atoms with Gasteiger partial charge in [-0.2, -0.15) is 0 Å². The lowest BCUT2D eigenvalue weighted by molar-refractivity contribution is -0.132. The smallest absolute Gasteiger partial charge is 0.243 e. The maximum Gasteiger partial charge on any atom is 0.243 e. The van der Waals surface area contributed by atoms with Crippen LogP contribution >= 0.6 is 12.4 Å². The third-order valence-corrected chi connectivity index (χ3v) is 1.64. The quantitative estimate of drug-likeness (QED) is 0.389. The van der Waals surface area contributed by atoms with E-state index >= 15 is 0 Å². The number of unbranched alkanes of at least 4 members (excludes halogenated alkanes) is 3. The zero-order chi connectivity index (χ0) is 9.94. The highest BCUT2D eigenvalue weighted by atomic mass is 35.5. The Morgan fingerprint density at radius 3 is 2.71 bits per heavy atom. The number of nitrogens with one attached hydrogen (secondary N) is 1. The van der Waals surface area contributed by atoms with Gasteiger partial charge in [0.1, 0.15) is 0 Å². The van der Waals surface area contributed by atoms with Gasteiger partial charge < -0.3 is 0 Å². The van der Waals surface area contributed by atoms with Crippen molar-refractivity contribution in [2.75, 3.05) is 6.61 Å². The summed E-state index contributed by atoms with van der Waals surface area (Å²) in [4.78, 5) is 15.8. The normalized spacial score (nSPS) is 8.93. The van der Waals surface area contributed by atoms with Crippen molar-refractivity contribution in [3.05, 3.63) is 12.7 Å². The molecule has 14 heavy (non-hydrogen) atoms. The summed E-state index contributed by atoms with van der Waals surface area (Å²) in [5.74, 6) is -0.0436. The molecule has 0 saturated heterocycles. The van der Waals surface area contributed by atoms with Gasteiger partial charge in [-0.1, -0.05) is 32.3 Å². The van der Waals surface area contributed by atoms with E-state index in [1.807, 2.05) is 0 Å². The Balaban J connectivity index is 0. The van der Waals surface area contributed by atoms with Gasteiger partial charge in [-0.3, -0.25) is 9.63 Å². The highest BCUT2D eigenvalue weighted by Gasteiger charge is 1.98. The minimum absolute atomic E-state index is 0. The van der Waals surface area contributed by atoms with E-state index in [1.165, 1.54) is 12.8 Å². The molecule has 0 atom stereocenters. The largest absolute Gasteiger partial charge is 0.273 e. The van der Waals surface area contributed by atoms with E-state index in [2.05, 4.69) is 19.0 Å². The standard InChI is InChI=1S/C10H19NO2.ClH/c1-3-5-6-7-8-10(12)11-13-9-4-2;/h4H,2-3,5-9H2,1H3,(H,11,12);1H. The summed E-state index contributed by atoms with van der Waals surface area (Å²) >= 11 is 0. The fourth-order valence-electron chi connectivity index (χ4n) is 0.944. The molecule has 0 heterocycles. The van der Waals surface area contributed by atoms with Crippen molar-refractivity contribution in [3.63, 3.8) is 0 Å². The second kappa shape index (κ2) is 12.5. The van der Waals surface area contributed by atoms with Crippen molar-refractivity contribution in [2.45, 2.75) is 39.0 Å². The van der Waals surface area contributed by atoms with Crippen molar-refractivity contribution >= 4 is 18.3 Å². The molecule has 1 amide bonds. The van der Waals surface area contributed by atoms with Crippen LogP contribution in [0.3, 0.4) is 0 Å². The Morgan fingerprint density at radius 2 is 2.14 bits per heavy atom. The molecule has 0 fully saturated rings. The first-order valence-corrected chi connectivity index (χ1v) is 4.82. The van der Waals surface area contributed by atoms with Crippen molar-refractivity contribution < 1.29 is 9.63 Å². The molecule has 84 valence electrons. The van der Waals surface area contributed by atoms with Crippen LogP contribution in [0.1, 0.15) is 39.0 Å². The van der Waals surface area contributed by atoms with Crippen LogP contribution in [0.4, 0.5) is 0 Å². The number of hydroxylamine groups is 1. The van der Waals surface area contributed by atoms with E-state index in [-0.39, 0.29) is 18.3 Å². The molecule has 0 aliphatic heterocycles. The number of hydrogen-bond acceptors (Lipinski definition) is 2. The second-order valence-electron chi connectivity index (χ2n) is 2.94. The Hall–Kier alpha value is -0.540. The Morgan fingerprint density at radius 1 is 1.43 bits per heavy atom. The van der Waals surface area contributed by atoms with Gasteiger partial charge >= 0.3 is 0 Å². The number of amides is 1. The van der Waals surface area contributed by atoms with Crippen LogP contribution < -0.4 is 5.48 Å². The van der Waals surface area contributed by atoms with E-state index in [0.717, 1.165) is 12.8 Å². The van der Waals surface area contributed by atoms with Gasteiger partial charge in [0.2, 0.25) is 5.91 Å². The molecular weight excluding hydrogens is 202 g/mol. The first-order valence-electron chi connectivity index (χ1n) is 4.82. The summed E-state index contributed by atoms with van der Waals surface area (Å²) < 4.78 is 0. The number of carbonyl (C=O) groups excluding carboxylic acids is 1. The molecule has 0 aliphatic rings. The molecule has 0 rings (SSSR count). The van der Waals surface area contributed by atoms with Crippen LogP contribution in [0, 0.1) is 0 Å². The third-order valence-electron chi connectivity index (χ3n) is 1.64. The van der Waals surface area contributed by atoms with Gasteiger partial charge in [0, 0.05) is 6.42 Å². The van der Waals surface area contributed by atoms with Crippen LogP contribution in [0.25, 0.3) is 0 Å². The molecule has 1 N–H and O–H groups in total. The molecule has 0 aliphatic carbocycles. The lowest BCUT2D eigenvalue weighted by Gasteiger charge is -2.02. The molecule has 4 heteroatoms. The number of hydrogen-bond donors (Lipinski definition) is 1.